The highest BCUT2D eigenvalue weighted by Crippen LogP contribution is 2.16. The lowest BCUT2D eigenvalue weighted by molar-refractivity contribution is 0.512. The average Bonchev–Trinajstić information content (AvgIpc) is 2.91. The summed E-state index contributed by atoms with van der Waals surface area (Å²) in [4.78, 5) is 0. The number of hydrogen-bond acceptors (Lipinski definition) is 2. The zero-order chi connectivity index (χ0) is 28.5. The first-order chi connectivity index (χ1) is 19.1. The van der Waals surface area contributed by atoms with Gasteiger partial charge >= 0.3 is 0 Å². The van der Waals surface area contributed by atoms with Crippen LogP contribution in [-0.2, 0) is 0 Å². The molecule has 232 valence electrons. The molecular weight excluding hydrogens is 551 g/mol. The molecule has 0 saturated carbocycles. The first kappa shape index (κ1) is 39.7. The molecule has 0 aliphatic rings. The molecule has 5 heteroatoms. The van der Waals surface area contributed by atoms with Crippen LogP contribution >= 0.6 is 49.7 Å². The summed E-state index contributed by atoms with van der Waals surface area (Å²) >= 11 is 18.2. The van der Waals surface area contributed by atoms with E-state index in [-0.39, 0.29) is 0 Å². The fourth-order valence-corrected chi connectivity index (χ4v) is 6.06. The van der Waals surface area contributed by atoms with Crippen molar-refractivity contribution in [3.05, 3.63) is 0 Å². The second-order valence-corrected chi connectivity index (χ2v) is 14.5. The molecule has 39 heavy (non-hydrogen) atoms. The Kier molecular flexibility index (Phi) is 35.5. The second kappa shape index (κ2) is 34.9. The summed E-state index contributed by atoms with van der Waals surface area (Å²) in [5, 5.41) is 3.11. The Morgan fingerprint density at radius 2 is 0.538 bits per heavy atom. The van der Waals surface area contributed by atoms with Crippen molar-refractivity contribution < 1.29 is 0 Å². The van der Waals surface area contributed by atoms with Crippen LogP contribution < -0.4 is 5.32 Å². The molecule has 0 fully saturated rings. The molecule has 0 spiro atoms. The molecule has 0 rings (SSSR count). The van der Waals surface area contributed by atoms with E-state index < -0.39 is 0 Å². The zero-order valence-electron chi connectivity index (χ0n) is 25.8. The van der Waals surface area contributed by atoms with Gasteiger partial charge in [-0.2, -0.15) is 0 Å². The quantitative estimate of drug-likeness (QED) is 0.0385. The van der Waals surface area contributed by atoms with Crippen molar-refractivity contribution in [3.8, 4) is 0 Å². The molecule has 0 radical (unpaired) electrons. The summed E-state index contributed by atoms with van der Waals surface area (Å²) < 4.78 is 1.50. The summed E-state index contributed by atoms with van der Waals surface area (Å²) in [7, 11) is 0. The SMILES string of the molecule is S=C(S)CCCCCCCCCCCCCCCCCCCCCCCCCCCCCCCCNC(=S)S. The Balaban J connectivity index is 3.04. The number of hydrogen-bond donors (Lipinski definition) is 3. The van der Waals surface area contributed by atoms with E-state index in [9.17, 15) is 0 Å². The third-order valence-corrected chi connectivity index (χ3v) is 8.82. The van der Waals surface area contributed by atoms with Gasteiger partial charge in [-0.3, -0.25) is 0 Å². The molecule has 1 N–H and O–H groups in total. The van der Waals surface area contributed by atoms with Gasteiger partial charge in [-0.05, 0) is 19.3 Å². The van der Waals surface area contributed by atoms with Crippen LogP contribution in [-0.4, -0.2) is 15.1 Å². The van der Waals surface area contributed by atoms with E-state index in [0.717, 1.165) is 17.2 Å². The number of rotatable bonds is 33. The van der Waals surface area contributed by atoms with Crippen molar-refractivity contribution in [1.82, 2.24) is 5.32 Å². The highest BCUT2D eigenvalue weighted by atomic mass is 32.1. The Bertz CT molecular complexity index is 467. The third kappa shape index (κ3) is 38.7. The van der Waals surface area contributed by atoms with E-state index in [0.29, 0.717) is 4.32 Å². The van der Waals surface area contributed by atoms with Gasteiger partial charge in [0.15, 0.2) is 0 Å². The van der Waals surface area contributed by atoms with Crippen LogP contribution in [0.25, 0.3) is 0 Å². The Labute approximate surface area is 267 Å². The van der Waals surface area contributed by atoms with Gasteiger partial charge in [0.25, 0.3) is 0 Å². The zero-order valence-corrected chi connectivity index (χ0v) is 29.3. The predicted molar refractivity (Wildman–Crippen MR) is 194 cm³/mol. The van der Waals surface area contributed by atoms with Crippen molar-refractivity contribution >= 4 is 58.2 Å². The van der Waals surface area contributed by atoms with Gasteiger partial charge in [-0.25, -0.2) is 0 Å². The largest absolute Gasteiger partial charge is 0.371 e. The van der Waals surface area contributed by atoms with Crippen LogP contribution in [0.15, 0.2) is 0 Å². The Morgan fingerprint density at radius 1 is 0.333 bits per heavy atom. The van der Waals surface area contributed by atoms with Gasteiger partial charge in [-0.1, -0.05) is 204 Å². The van der Waals surface area contributed by atoms with Gasteiger partial charge in [-0.15, -0.1) is 25.3 Å². The van der Waals surface area contributed by atoms with Crippen LogP contribution in [0.4, 0.5) is 0 Å². The topological polar surface area (TPSA) is 12.0 Å². The number of thiol groups is 2. The minimum absolute atomic E-state index is 0.628. The number of unbranched alkanes of at least 4 members (excludes halogenated alkanes) is 29. The molecule has 0 amide bonds. The lowest BCUT2D eigenvalue weighted by atomic mass is 10.0. The van der Waals surface area contributed by atoms with E-state index in [1.807, 2.05) is 0 Å². The summed E-state index contributed by atoms with van der Waals surface area (Å²) in [6.07, 6.45) is 43.8. The molecule has 0 saturated heterocycles. The molecule has 0 aromatic carbocycles. The smallest absolute Gasteiger partial charge is 0.130 e. The lowest BCUT2D eigenvalue weighted by Crippen LogP contribution is -2.17. The first-order valence-electron chi connectivity index (χ1n) is 17.3. The molecule has 0 unspecified atom stereocenters. The fraction of sp³-hybridized carbons (Fsp3) is 0.941. The van der Waals surface area contributed by atoms with Gasteiger partial charge in [0.2, 0.25) is 0 Å². The summed E-state index contributed by atoms with van der Waals surface area (Å²) in [5.74, 6) is 0. The van der Waals surface area contributed by atoms with E-state index in [2.05, 4.69) is 30.6 Å². The van der Waals surface area contributed by atoms with E-state index in [4.69, 9.17) is 24.4 Å². The van der Waals surface area contributed by atoms with Crippen molar-refractivity contribution in [3.63, 3.8) is 0 Å². The Morgan fingerprint density at radius 3 is 0.744 bits per heavy atom. The summed E-state index contributed by atoms with van der Waals surface area (Å²) in [6, 6.07) is 0. The maximum absolute atomic E-state index is 5.01. The van der Waals surface area contributed by atoms with Gasteiger partial charge in [0.1, 0.15) is 4.32 Å². The van der Waals surface area contributed by atoms with E-state index in [1.165, 1.54) is 193 Å². The molecule has 0 heterocycles. The monoisotopic (exact) mass is 617 g/mol. The number of thiocarbonyl (C=S) groups is 2. The molecule has 0 aromatic rings. The van der Waals surface area contributed by atoms with Gasteiger partial charge in [0, 0.05) is 10.7 Å². The highest BCUT2D eigenvalue weighted by molar-refractivity contribution is 8.11. The van der Waals surface area contributed by atoms with Crippen molar-refractivity contribution in [2.24, 2.45) is 0 Å². The lowest BCUT2D eigenvalue weighted by Gasteiger charge is -2.05. The van der Waals surface area contributed by atoms with Crippen LogP contribution in [0.2, 0.25) is 0 Å². The molecule has 0 aliphatic carbocycles. The van der Waals surface area contributed by atoms with Crippen molar-refractivity contribution in [1.29, 1.82) is 0 Å². The van der Waals surface area contributed by atoms with E-state index in [1.54, 1.807) is 0 Å². The predicted octanol–water partition coefficient (Wildman–Crippen LogP) is 13.1. The average molecular weight is 618 g/mol. The van der Waals surface area contributed by atoms with Crippen LogP contribution in [0.5, 0.6) is 0 Å². The van der Waals surface area contributed by atoms with E-state index >= 15 is 0 Å². The maximum Gasteiger partial charge on any atom is 0.130 e. The highest BCUT2D eigenvalue weighted by Gasteiger charge is 1.97. The normalized spacial score (nSPS) is 11.2. The second-order valence-electron chi connectivity index (χ2n) is 12.0. The minimum atomic E-state index is 0.628. The van der Waals surface area contributed by atoms with Crippen LogP contribution in [0, 0.1) is 0 Å². The van der Waals surface area contributed by atoms with Crippen LogP contribution in [0.3, 0.4) is 0 Å². The van der Waals surface area contributed by atoms with Gasteiger partial charge in [0.05, 0.1) is 0 Å². The maximum atomic E-state index is 5.01. The molecular formula is C34H67NS4. The summed E-state index contributed by atoms with van der Waals surface area (Å²) in [6.45, 7) is 0.985. The summed E-state index contributed by atoms with van der Waals surface area (Å²) in [5.41, 5.74) is 0. The Hall–Kier alpha value is 0.680. The van der Waals surface area contributed by atoms with Crippen molar-refractivity contribution in [2.75, 3.05) is 6.54 Å². The molecule has 0 bridgehead atoms. The standard InChI is InChI=1S/C34H67NS4/c36-33(37)31-29-27-25-23-21-19-17-15-13-11-9-7-5-3-1-2-4-6-8-10-12-14-16-18-20-22-24-26-28-30-32-35-34(38)39/h1-32H2,(H,36,37)(H2,35,38,39). The first-order valence-corrected chi connectivity index (χ1v) is 19.0. The van der Waals surface area contributed by atoms with Crippen LogP contribution in [0.1, 0.15) is 199 Å². The van der Waals surface area contributed by atoms with Gasteiger partial charge < -0.3 is 5.32 Å². The molecule has 0 aromatic heterocycles. The van der Waals surface area contributed by atoms with Crippen molar-refractivity contribution in [2.45, 2.75) is 199 Å². The minimum Gasteiger partial charge on any atom is -0.371 e. The molecule has 0 aliphatic heterocycles. The fourth-order valence-electron chi connectivity index (χ4n) is 5.55. The third-order valence-electron chi connectivity index (χ3n) is 8.09. The molecule has 0 atom stereocenters. The molecule has 1 nitrogen and oxygen atoms in total. The number of nitrogens with one attached hydrogen (secondary N) is 1.